The molecular weight excluding hydrogens is 1760 g/mol. The summed E-state index contributed by atoms with van der Waals surface area (Å²) in [6.07, 6.45) is 0. The van der Waals surface area contributed by atoms with Crippen molar-refractivity contribution in [3.8, 4) is 0 Å². The second kappa shape index (κ2) is 3440. The van der Waals surface area contributed by atoms with Gasteiger partial charge in [-0.2, -0.15) is 0 Å². The first-order valence-electron chi connectivity index (χ1n) is 9.52. The molecule has 95 nitrogen and oxygen atoms in total. The summed E-state index contributed by atoms with van der Waals surface area (Å²) in [6.45, 7) is 18.3. The molecule has 0 aromatic rings. The van der Waals surface area contributed by atoms with Crippen LogP contribution in [0.5, 0.6) is 0 Å². The summed E-state index contributed by atoms with van der Waals surface area (Å²) in [5.74, 6) is -1.05. The molecule has 0 heterocycles. The van der Waals surface area contributed by atoms with E-state index < -0.39 is 0 Å². The quantitative estimate of drug-likeness (QED) is 0.185. The largest absolute Gasteiger partial charge is 0.466 e. The molecule has 0 rings (SSSR count). The maximum atomic E-state index is 9.82. The standard InChI is InChI=1S/5C4H8O2.85H2O/c5*1-3-6-4(2)5;;;;;;;;;;;;;;;;;;;;;;;;;;;;;;;;;;;;;;;;;;;;;;;;;;;;;;;;;;;;;;;;;;;;;;;;;;;;;;;;;;;;;/h5*3H2,1-2H3;85*1H2. The molecule has 95 heteroatoms. The highest BCUT2D eigenvalue weighted by Gasteiger charge is 1.83. The van der Waals surface area contributed by atoms with Gasteiger partial charge in [0.1, 0.15) is 0 Å². The molecule has 0 spiro atoms. The maximum absolute atomic E-state index is 9.82. The van der Waals surface area contributed by atoms with Gasteiger partial charge in [-0.15, -0.1) is 0 Å². The monoisotopic (exact) mass is 1970 g/mol. The van der Waals surface area contributed by atoms with Crippen molar-refractivity contribution in [3.05, 3.63) is 0 Å². The second-order valence-corrected chi connectivity index (χ2v) is 4.62. The van der Waals surface area contributed by atoms with Gasteiger partial charge in [0, 0.05) is 34.6 Å². The smallest absolute Gasteiger partial charge is 0.302 e. The van der Waals surface area contributed by atoms with Gasteiger partial charge in [0.05, 0.1) is 33.0 Å². The molecule has 0 unspecified atom stereocenters. The number of rotatable bonds is 5. The van der Waals surface area contributed by atoms with Crippen molar-refractivity contribution in [2.75, 3.05) is 33.0 Å². The van der Waals surface area contributed by atoms with Gasteiger partial charge in [-0.05, 0) is 34.6 Å². The Hall–Kier alpha value is -6.05. The van der Waals surface area contributed by atoms with Crippen LogP contribution in [0.1, 0.15) is 69.2 Å². The van der Waals surface area contributed by atoms with Crippen molar-refractivity contribution in [3.63, 3.8) is 0 Å². The summed E-state index contributed by atoms with van der Waals surface area (Å²) in [6, 6.07) is 0. The number of ether oxygens (including phenoxy) is 5. The van der Waals surface area contributed by atoms with Gasteiger partial charge in [-0.3, -0.25) is 24.0 Å². The third kappa shape index (κ3) is 15100. The van der Waals surface area contributed by atoms with Crippen LogP contribution in [0, 0.1) is 0 Å². The van der Waals surface area contributed by atoms with Crippen molar-refractivity contribution < 1.29 is 513 Å². The molecule has 0 saturated heterocycles. The van der Waals surface area contributed by atoms with E-state index in [1.54, 1.807) is 34.6 Å². The lowest BCUT2D eigenvalue weighted by molar-refractivity contribution is -0.141. The first-order chi connectivity index (χ1) is 13.9. The summed E-state index contributed by atoms with van der Waals surface area (Å²) in [7, 11) is 0. The molecule has 0 aromatic carbocycles. The van der Waals surface area contributed by atoms with Crippen LogP contribution in [0.25, 0.3) is 0 Å². The third-order valence-electron chi connectivity index (χ3n) is 1.74. The van der Waals surface area contributed by atoms with Crippen molar-refractivity contribution >= 4 is 29.8 Å². The van der Waals surface area contributed by atoms with E-state index in [-0.39, 0.29) is 495 Å². The molecule has 0 aliphatic heterocycles. The first-order valence-corrected chi connectivity index (χ1v) is 9.52. The fraction of sp³-hybridized carbons (Fsp3) is 0.750. The number of carbonyl (C=O) groups excluding carboxylic acids is 5. The minimum absolute atomic E-state index is 0. The van der Waals surface area contributed by atoms with E-state index in [1.807, 2.05) is 0 Å². The first kappa shape index (κ1) is 3540. The van der Waals surface area contributed by atoms with E-state index >= 15 is 0 Å². The Labute approximate surface area is 646 Å². The van der Waals surface area contributed by atoms with Gasteiger partial charge in [-0.25, -0.2) is 0 Å². The molecule has 0 saturated carbocycles. The molecule has 0 bridgehead atoms. The zero-order chi connectivity index (χ0) is 25.0. The fourth-order valence-electron chi connectivity index (χ4n) is 1.02. The Balaban J connectivity index is -0.000000000652. The average Bonchev–Trinajstić information content (AvgIpc) is 2.56. The van der Waals surface area contributed by atoms with Gasteiger partial charge < -0.3 is 489 Å². The van der Waals surface area contributed by atoms with Gasteiger partial charge in [0.2, 0.25) is 0 Å². The van der Waals surface area contributed by atoms with Gasteiger partial charge >= 0.3 is 29.8 Å². The molecule has 0 fully saturated rings. The van der Waals surface area contributed by atoms with E-state index in [0.717, 1.165) is 0 Å². The summed E-state index contributed by atoms with van der Waals surface area (Å²) in [5, 5.41) is 0. The lowest BCUT2D eigenvalue weighted by atomic mass is 10.8. The predicted octanol–water partition coefficient (Wildman–Crippen LogP) is -67.3. The van der Waals surface area contributed by atoms with Crippen molar-refractivity contribution in [1.29, 1.82) is 0 Å². The van der Waals surface area contributed by atoms with E-state index in [0.29, 0.717) is 33.0 Å². The number of esters is 5. The molecule has 0 radical (unpaired) electrons. The minimum Gasteiger partial charge on any atom is -0.466 e. The average molecular weight is 1970 g/mol. The zero-order valence-electron chi connectivity index (χ0n) is 62.6. The Morgan fingerprint density at radius 3 is 0.130 bits per heavy atom. The summed E-state index contributed by atoms with van der Waals surface area (Å²) < 4.78 is 22.0. The molecule has 0 aliphatic carbocycles. The van der Waals surface area contributed by atoms with E-state index in [2.05, 4.69) is 23.7 Å². The third-order valence-corrected chi connectivity index (χ3v) is 1.74. The molecule has 0 aliphatic rings. The topological polar surface area (TPSA) is 2810 Å². The van der Waals surface area contributed by atoms with Crippen LogP contribution in [-0.4, -0.2) is 528 Å². The highest BCUT2D eigenvalue weighted by atomic mass is 16.5. The molecule has 0 atom stereocenters. The van der Waals surface area contributed by atoms with Crippen LogP contribution in [0.15, 0.2) is 0 Å². The molecule has 115 heavy (non-hydrogen) atoms. The molecule has 170 N–H and O–H groups in total. The SMILES string of the molecule is CCOC(C)=O.CCOC(C)=O.CCOC(C)=O.CCOC(C)=O.CCOC(C)=O.O.O.O.O.O.O.O.O.O.O.O.O.O.O.O.O.O.O.O.O.O.O.O.O.O.O.O.O.O.O.O.O.O.O.O.O.O.O.O.O.O.O.O.O.O.O.O.O.O.O.O.O.O.O.O.O.O.O.O.O.O.O.O.O.O.O.O.O.O.O.O.O.O.O.O.O.O.O.O.O.O.O.O.O.O. The van der Waals surface area contributed by atoms with E-state index in [1.165, 1.54) is 34.6 Å². The summed E-state index contributed by atoms with van der Waals surface area (Å²) in [4.78, 5) is 49.1. The summed E-state index contributed by atoms with van der Waals surface area (Å²) in [5.41, 5.74) is 0. The van der Waals surface area contributed by atoms with Crippen LogP contribution in [0.4, 0.5) is 0 Å². The van der Waals surface area contributed by atoms with Crippen LogP contribution in [-0.2, 0) is 47.7 Å². The van der Waals surface area contributed by atoms with Crippen molar-refractivity contribution in [1.82, 2.24) is 0 Å². The predicted molar refractivity (Wildman–Crippen MR) is 419 cm³/mol. The zero-order valence-corrected chi connectivity index (χ0v) is 62.6. The lowest BCUT2D eigenvalue weighted by Crippen LogP contribution is -1.95. The van der Waals surface area contributed by atoms with Gasteiger partial charge in [0.15, 0.2) is 0 Å². The van der Waals surface area contributed by atoms with Crippen LogP contribution in [0.2, 0.25) is 0 Å². The molecule has 0 aromatic heterocycles. The van der Waals surface area contributed by atoms with E-state index in [4.69, 9.17) is 0 Å². The Bertz CT molecular complexity index is 390. The number of hydrogen-bond donors (Lipinski definition) is 0. The highest BCUT2D eigenvalue weighted by Crippen LogP contribution is 1.71. The molecular formula is C20H210O95. The minimum atomic E-state index is -0.211. The van der Waals surface area contributed by atoms with E-state index in [9.17, 15) is 24.0 Å². The summed E-state index contributed by atoms with van der Waals surface area (Å²) >= 11 is 0. The molecule has 860 valence electrons. The normalized spacial score (nSPS) is 2.00. The molecule has 0 amide bonds. The van der Waals surface area contributed by atoms with Gasteiger partial charge in [0.25, 0.3) is 0 Å². The fourth-order valence-corrected chi connectivity index (χ4v) is 1.02. The maximum Gasteiger partial charge on any atom is 0.302 e. The Morgan fingerprint density at radius 1 is 0.104 bits per heavy atom. The van der Waals surface area contributed by atoms with Crippen molar-refractivity contribution in [2.24, 2.45) is 0 Å². The number of hydrogen-bond acceptors (Lipinski definition) is 10. The Morgan fingerprint density at radius 2 is 0.130 bits per heavy atom. The van der Waals surface area contributed by atoms with Crippen LogP contribution in [0.3, 0.4) is 0 Å². The highest BCUT2D eigenvalue weighted by molar-refractivity contribution is 5.66. The van der Waals surface area contributed by atoms with Gasteiger partial charge in [-0.1, -0.05) is 0 Å². The number of carbonyl (C=O) groups is 5. The lowest BCUT2D eigenvalue weighted by Gasteiger charge is -1.89. The second-order valence-electron chi connectivity index (χ2n) is 4.62. The van der Waals surface area contributed by atoms with Crippen molar-refractivity contribution in [2.45, 2.75) is 69.2 Å². The van der Waals surface area contributed by atoms with Crippen LogP contribution < -0.4 is 0 Å². The van der Waals surface area contributed by atoms with Crippen LogP contribution >= 0.6 is 0 Å². The Kier molecular flexibility index (Phi) is 106000.